The first-order valence-corrected chi connectivity index (χ1v) is 6.60. The normalized spacial score (nSPS) is 12.3. The summed E-state index contributed by atoms with van der Waals surface area (Å²) in [6.45, 7) is 9.20. The van der Waals surface area contributed by atoms with Crippen LogP contribution in [-0.2, 0) is 9.59 Å². The smallest absolute Gasteiger partial charge is 0.239 e. The number of carbonyl (C=O) groups excluding carboxylic acids is 2. The number of hydrogen-bond acceptors (Lipinski definition) is 3. The lowest BCUT2D eigenvalue weighted by atomic mass is 10.2. The average molecular weight is 257 g/mol. The Bertz CT molecular complexity index is 267. The lowest BCUT2D eigenvalue weighted by molar-refractivity contribution is -0.134. The van der Waals surface area contributed by atoms with Crippen LogP contribution in [0.4, 0.5) is 0 Å². The lowest BCUT2D eigenvalue weighted by Crippen LogP contribution is -2.44. The van der Waals surface area contributed by atoms with Crippen molar-refractivity contribution in [1.82, 2.24) is 15.5 Å². The van der Waals surface area contributed by atoms with Crippen molar-refractivity contribution >= 4 is 11.8 Å². The Hall–Kier alpha value is -1.10. The molecule has 0 aromatic carbocycles. The molecular weight excluding hydrogens is 230 g/mol. The van der Waals surface area contributed by atoms with Gasteiger partial charge in [-0.1, -0.05) is 20.8 Å². The first-order valence-electron chi connectivity index (χ1n) is 6.60. The van der Waals surface area contributed by atoms with Crippen LogP contribution in [0.15, 0.2) is 0 Å². The van der Waals surface area contributed by atoms with Gasteiger partial charge in [0.1, 0.15) is 0 Å². The van der Waals surface area contributed by atoms with Gasteiger partial charge in [-0.3, -0.25) is 9.59 Å². The third-order valence-electron chi connectivity index (χ3n) is 2.73. The van der Waals surface area contributed by atoms with Gasteiger partial charge >= 0.3 is 0 Å². The van der Waals surface area contributed by atoms with Crippen LogP contribution in [0.25, 0.3) is 0 Å². The highest BCUT2D eigenvalue weighted by Gasteiger charge is 2.13. The van der Waals surface area contributed by atoms with Gasteiger partial charge in [0.2, 0.25) is 11.8 Å². The monoisotopic (exact) mass is 257 g/mol. The van der Waals surface area contributed by atoms with E-state index in [4.69, 9.17) is 0 Å². The summed E-state index contributed by atoms with van der Waals surface area (Å²) in [7, 11) is 1.65. The molecule has 1 atom stereocenters. The first-order chi connectivity index (χ1) is 8.36. The van der Waals surface area contributed by atoms with Crippen molar-refractivity contribution < 1.29 is 9.59 Å². The lowest BCUT2D eigenvalue weighted by Gasteiger charge is -2.19. The van der Waals surface area contributed by atoms with Gasteiger partial charge in [-0.25, -0.2) is 0 Å². The molecule has 18 heavy (non-hydrogen) atoms. The van der Waals surface area contributed by atoms with Crippen LogP contribution in [0.1, 0.15) is 34.1 Å². The zero-order chi connectivity index (χ0) is 14.1. The molecule has 2 amide bonds. The number of carbonyl (C=O) groups is 2. The van der Waals surface area contributed by atoms with Crippen LogP contribution in [0, 0.1) is 5.92 Å². The highest BCUT2D eigenvalue weighted by atomic mass is 16.2. The average Bonchev–Trinajstić information content (AvgIpc) is 2.32. The minimum absolute atomic E-state index is 0.0602. The van der Waals surface area contributed by atoms with Gasteiger partial charge in [-0.2, -0.15) is 0 Å². The van der Waals surface area contributed by atoms with Crippen molar-refractivity contribution in [3.63, 3.8) is 0 Å². The molecule has 2 N–H and O–H groups in total. The highest BCUT2D eigenvalue weighted by Crippen LogP contribution is 1.91. The second-order valence-electron chi connectivity index (χ2n) is 5.14. The molecule has 0 aromatic rings. The summed E-state index contributed by atoms with van der Waals surface area (Å²) in [6.07, 6.45) is 0.978. The van der Waals surface area contributed by atoms with E-state index in [-0.39, 0.29) is 24.9 Å². The second kappa shape index (κ2) is 8.91. The first kappa shape index (κ1) is 16.9. The topological polar surface area (TPSA) is 61.4 Å². The Balaban J connectivity index is 3.89. The quantitative estimate of drug-likeness (QED) is 0.669. The standard InChI is InChI=1S/C13H27N3O2/c1-6-11(4)14-8-13(18)16(5)9-12(17)15-7-10(2)3/h10-11,14H,6-9H2,1-5H3,(H,15,17). The van der Waals surface area contributed by atoms with Crippen LogP contribution >= 0.6 is 0 Å². The molecule has 0 aliphatic carbocycles. The summed E-state index contributed by atoms with van der Waals surface area (Å²) in [6, 6.07) is 0.317. The molecule has 0 radical (unpaired) electrons. The Morgan fingerprint density at radius 3 is 2.33 bits per heavy atom. The van der Waals surface area contributed by atoms with Gasteiger partial charge in [-0.05, 0) is 19.3 Å². The van der Waals surface area contributed by atoms with Crippen molar-refractivity contribution in [2.24, 2.45) is 5.92 Å². The predicted octanol–water partition coefficient (Wildman–Crippen LogP) is 0.605. The van der Waals surface area contributed by atoms with Gasteiger partial charge in [0, 0.05) is 19.6 Å². The number of amides is 2. The molecule has 0 aromatic heterocycles. The minimum atomic E-state index is -0.108. The Labute approximate surface area is 110 Å². The number of likely N-dealkylation sites (N-methyl/N-ethyl adjacent to an activating group) is 1. The molecule has 0 heterocycles. The molecule has 0 aliphatic rings. The summed E-state index contributed by atoms with van der Waals surface area (Å²) >= 11 is 0. The summed E-state index contributed by atoms with van der Waals surface area (Å²) in [5, 5.41) is 5.90. The fraction of sp³-hybridized carbons (Fsp3) is 0.846. The zero-order valence-corrected chi connectivity index (χ0v) is 12.2. The van der Waals surface area contributed by atoms with Crippen molar-refractivity contribution in [2.45, 2.75) is 40.2 Å². The van der Waals surface area contributed by atoms with Crippen molar-refractivity contribution in [2.75, 3.05) is 26.7 Å². The van der Waals surface area contributed by atoms with E-state index in [1.165, 1.54) is 4.90 Å². The summed E-state index contributed by atoms with van der Waals surface area (Å²) in [5.74, 6) is 0.250. The van der Waals surface area contributed by atoms with Crippen molar-refractivity contribution in [3.05, 3.63) is 0 Å². The SMILES string of the molecule is CCC(C)NCC(=O)N(C)CC(=O)NCC(C)C. The molecule has 0 saturated carbocycles. The fourth-order valence-electron chi connectivity index (χ4n) is 1.22. The molecule has 106 valence electrons. The van der Waals surface area contributed by atoms with Crippen molar-refractivity contribution in [3.8, 4) is 0 Å². The number of rotatable bonds is 8. The van der Waals surface area contributed by atoms with E-state index in [1.807, 2.05) is 20.8 Å². The minimum Gasteiger partial charge on any atom is -0.354 e. The van der Waals surface area contributed by atoms with Gasteiger partial charge < -0.3 is 15.5 Å². The number of nitrogens with one attached hydrogen (secondary N) is 2. The third-order valence-corrected chi connectivity index (χ3v) is 2.73. The summed E-state index contributed by atoms with van der Waals surface area (Å²) in [4.78, 5) is 24.7. The maximum absolute atomic E-state index is 11.7. The Morgan fingerprint density at radius 1 is 1.22 bits per heavy atom. The zero-order valence-electron chi connectivity index (χ0n) is 12.2. The molecular formula is C13H27N3O2. The van der Waals surface area contributed by atoms with Gasteiger partial charge in [0.15, 0.2) is 0 Å². The number of nitrogens with zero attached hydrogens (tertiary/aromatic N) is 1. The van der Waals surface area contributed by atoms with E-state index in [2.05, 4.69) is 17.6 Å². The van der Waals surface area contributed by atoms with Crippen LogP contribution in [0.2, 0.25) is 0 Å². The van der Waals surface area contributed by atoms with Gasteiger partial charge in [-0.15, -0.1) is 0 Å². The molecule has 5 heteroatoms. The highest BCUT2D eigenvalue weighted by molar-refractivity contribution is 5.85. The second-order valence-corrected chi connectivity index (χ2v) is 5.14. The van der Waals surface area contributed by atoms with E-state index in [0.29, 0.717) is 18.5 Å². The summed E-state index contributed by atoms with van der Waals surface area (Å²) < 4.78 is 0. The molecule has 0 bridgehead atoms. The molecule has 0 rings (SSSR count). The third kappa shape index (κ3) is 8.06. The van der Waals surface area contributed by atoms with Gasteiger partial charge in [0.25, 0.3) is 0 Å². The van der Waals surface area contributed by atoms with Crippen LogP contribution in [-0.4, -0.2) is 49.4 Å². The molecule has 5 nitrogen and oxygen atoms in total. The van der Waals surface area contributed by atoms with Crippen LogP contribution in [0.5, 0.6) is 0 Å². The van der Waals surface area contributed by atoms with Crippen molar-refractivity contribution in [1.29, 1.82) is 0 Å². The molecule has 0 spiro atoms. The fourth-order valence-corrected chi connectivity index (χ4v) is 1.22. The predicted molar refractivity (Wildman–Crippen MR) is 73.2 cm³/mol. The van der Waals surface area contributed by atoms with E-state index >= 15 is 0 Å². The largest absolute Gasteiger partial charge is 0.354 e. The molecule has 1 unspecified atom stereocenters. The van der Waals surface area contributed by atoms with E-state index in [1.54, 1.807) is 7.05 Å². The van der Waals surface area contributed by atoms with Crippen LogP contribution in [0.3, 0.4) is 0 Å². The van der Waals surface area contributed by atoms with E-state index in [0.717, 1.165) is 6.42 Å². The van der Waals surface area contributed by atoms with E-state index in [9.17, 15) is 9.59 Å². The van der Waals surface area contributed by atoms with E-state index < -0.39 is 0 Å². The van der Waals surface area contributed by atoms with Gasteiger partial charge in [0.05, 0.1) is 13.1 Å². The number of hydrogen-bond donors (Lipinski definition) is 2. The van der Waals surface area contributed by atoms with Crippen LogP contribution < -0.4 is 10.6 Å². The Morgan fingerprint density at radius 2 is 1.83 bits per heavy atom. The maximum Gasteiger partial charge on any atom is 0.239 e. The molecule has 0 aliphatic heterocycles. The Kier molecular flexibility index (Phi) is 8.37. The molecule has 0 fully saturated rings. The maximum atomic E-state index is 11.7. The molecule has 0 saturated heterocycles. The summed E-state index contributed by atoms with van der Waals surface area (Å²) in [5.41, 5.74) is 0.